The van der Waals surface area contributed by atoms with Gasteiger partial charge in [-0.25, -0.2) is 4.79 Å². The standard InChI is InChI=1S/C20H23NO3/c1-19(2,3)24-18(22)21-14-20(15-21,16-10-6-4-7-11-16)23-17-12-8-5-9-13-17/h4-13H,14-15H2,1-3H3. The van der Waals surface area contributed by atoms with Gasteiger partial charge in [-0.15, -0.1) is 0 Å². The van der Waals surface area contributed by atoms with E-state index in [1.54, 1.807) is 4.90 Å². The Bertz CT molecular complexity index is 686. The first-order valence-electron chi connectivity index (χ1n) is 8.16. The first-order chi connectivity index (χ1) is 11.4. The van der Waals surface area contributed by atoms with Gasteiger partial charge in [0.1, 0.15) is 11.4 Å². The van der Waals surface area contributed by atoms with Crippen LogP contribution in [0.25, 0.3) is 0 Å². The van der Waals surface area contributed by atoms with Crippen LogP contribution in [0.2, 0.25) is 0 Å². The van der Waals surface area contributed by atoms with E-state index < -0.39 is 11.2 Å². The average molecular weight is 325 g/mol. The van der Waals surface area contributed by atoms with Crippen molar-refractivity contribution >= 4 is 6.09 Å². The molecule has 0 radical (unpaired) electrons. The molecule has 24 heavy (non-hydrogen) atoms. The molecule has 0 aromatic heterocycles. The van der Waals surface area contributed by atoms with Crippen LogP contribution in [0.4, 0.5) is 4.79 Å². The van der Waals surface area contributed by atoms with Crippen LogP contribution in [0.3, 0.4) is 0 Å². The largest absolute Gasteiger partial charge is 0.479 e. The minimum atomic E-state index is -0.528. The predicted molar refractivity (Wildman–Crippen MR) is 93.0 cm³/mol. The zero-order chi connectivity index (χ0) is 17.2. The van der Waals surface area contributed by atoms with Crippen molar-refractivity contribution in [1.82, 2.24) is 4.90 Å². The van der Waals surface area contributed by atoms with Gasteiger partial charge in [0, 0.05) is 0 Å². The number of hydrogen-bond donors (Lipinski definition) is 0. The van der Waals surface area contributed by atoms with E-state index in [-0.39, 0.29) is 6.09 Å². The molecule has 1 aliphatic rings. The second-order valence-corrected chi connectivity index (χ2v) is 7.11. The zero-order valence-corrected chi connectivity index (χ0v) is 14.4. The fourth-order valence-corrected chi connectivity index (χ4v) is 2.79. The summed E-state index contributed by atoms with van der Waals surface area (Å²) >= 11 is 0. The molecule has 0 saturated carbocycles. The van der Waals surface area contributed by atoms with E-state index in [9.17, 15) is 4.79 Å². The fourth-order valence-electron chi connectivity index (χ4n) is 2.79. The van der Waals surface area contributed by atoms with Gasteiger partial charge in [0.15, 0.2) is 5.60 Å². The van der Waals surface area contributed by atoms with Gasteiger partial charge >= 0.3 is 6.09 Å². The van der Waals surface area contributed by atoms with Crippen LogP contribution in [0.1, 0.15) is 26.3 Å². The van der Waals surface area contributed by atoms with Crippen molar-refractivity contribution in [2.24, 2.45) is 0 Å². The highest BCUT2D eigenvalue weighted by atomic mass is 16.6. The van der Waals surface area contributed by atoms with Crippen molar-refractivity contribution in [2.75, 3.05) is 13.1 Å². The number of rotatable bonds is 3. The summed E-state index contributed by atoms with van der Waals surface area (Å²) in [5, 5.41) is 0. The normalized spacial score (nSPS) is 16.2. The molecule has 0 unspecified atom stereocenters. The number of carbonyl (C=O) groups excluding carboxylic acids is 1. The van der Waals surface area contributed by atoms with Crippen molar-refractivity contribution in [1.29, 1.82) is 0 Å². The van der Waals surface area contributed by atoms with Crippen molar-refractivity contribution < 1.29 is 14.3 Å². The summed E-state index contributed by atoms with van der Waals surface area (Å²) in [6, 6.07) is 19.7. The maximum atomic E-state index is 12.3. The highest BCUT2D eigenvalue weighted by molar-refractivity contribution is 5.70. The molecule has 2 aromatic rings. The third-order valence-electron chi connectivity index (χ3n) is 3.90. The Labute approximate surface area is 143 Å². The van der Waals surface area contributed by atoms with Gasteiger partial charge in [0.25, 0.3) is 0 Å². The van der Waals surface area contributed by atoms with Crippen LogP contribution >= 0.6 is 0 Å². The summed E-state index contributed by atoms with van der Waals surface area (Å²) in [6.07, 6.45) is -0.300. The summed E-state index contributed by atoms with van der Waals surface area (Å²) in [5.41, 5.74) is 0.0377. The minimum Gasteiger partial charge on any atom is -0.479 e. The molecule has 1 saturated heterocycles. The monoisotopic (exact) mass is 325 g/mol. The summed E-state index contributed by atoms with van der Waals surface area (Å²) in [7, 11) is 0. The summed E-state index contributed by atoms with van der Waals surface area (Å²) in [5.74, 6) is 0.796. The molecule has 0 atom stereocenters. The summed E-state index contributed by atoms with van der Waals surface area (Å²) < 4.78 is 11.7. The van der Waals surface area contributed by atoms with Gasteiger partial charge in [0.05, 0.1) is 13.1 Å². The predicted octanol–water partition coefficient (Wildman–Crippen LogP) is 4.21. The number of nitrogens with zero attached hydrogens (tertiary/aromatic N) is 1. The molecule has 4 heteroatoms. The van der Waals surface area contributed by atoms with Crippen molar-refractivity contribution in [2.45, 2.75) is 32.0 Å². The van der Waals surface area contributed by atoms with Gasteiger partial charge in [-0.1, -0.05) is 48.5 Å². The molecular formula is C20H23NO3. The first kappa shape index (κ1) is 16.4. The van der Waals surface area contributed by atoms with Crippen LogP contribution in [0.15, 0.2) is 60.7 Å². The molecular weight excluding hydrogens is 302 g/mol. The number of hydrogen-bond acceptors (Lipinski definition) is 3. The number of likely N-dealkylation sites (tertiary alicyclic amines) is 1. The minimum absolute atomic E-state index is 0.300. The van der Waals surface area contributed by atoms with Crippen LogP contribution in [0, 0.1) is 0 Å². The molecule has 4 nitrogen and oxygen atoms in total. The van der Waals surface area contributed by atoms with Crippen molar-refractivity contribution in [3.63, 3.8) is 0 Å². The second-order valence-electron chi connectivity index (χ2n) is 7.11. The van der Waals surface area contributed by atoms with Gasteiger partial charge in [0.2, 0.25) is 0 Å². The van der Waals surface area contributed by atoms with E-state index in [0.29, 0.717) is 13.1 Å². The maximum absolute atomic E-state index is 12.3. The SMILES string of the molecule is CC(C)(C)OC(=O)N1CC(Oc2ccccc2)(c2ccccc2)C1. The third-order valence-corrected chi connectivity index (χ3v) is 3.90. The molecule has 3 rings (SSSR count). The Morgan fingerprint density at radius 1 is 0.958 bits per heavy atom. The number of amides is 1. The van der Waals surface area contributed by atoms with E-state index in [1.807, 2.05) is 81.4 Å². The third kappa shape index (κ3) is 3.53. The highest BCUT2D eigenvalue weighted by Gasteiger charge is 2.50. The molecule has 1 fully saturated rings. The maximum Gasteiger partial charge on any atom is 0.410 e. The lowest BCUT2D eigenvalue weighted by atomic mass is 9.86. The Morgan fingerprint density at radius 2 is 1.50 bits per heavy atom. The molecule has 1 aliphatic heterocycles. The van der Waals surface area contributed by atoms with Gasteiger partial charge < -0.3 is 9.47 Å². The molecule has 0 aliphatic carbocycles. The molecule has 0 N–H and O–H groups in total. The molecule has 1 heterocycles. The quantitative estimate of drug-likeness (QED) is 0.848. The van der Waals surface area contributed by atoms with E-state index in [4.69, 9.17) is 9.47 Å². The Kier molecular flexibility index (Phi) is 4.22. The lowest BCUT2D eigenvalue weighted by Crippen LogP contribution is -2.64. The van der Waals surface area contributed by atoms with Gasteiger partial charge in [-0.05, 0) is 38.5 Å². The fraction of sp³-hybridized carbons (Fsp3) is 0.350. The van der Waals surface area contributed by atoms with Crippen LogP contribution < -0.4 is 4.74 Å². The lowest BCUT2D eigenvalue weighted by molar-refractivity contribution is -0.0863. The zero-order valence-electron chi connectivity index (χ0n) is 14.4. The molecule has 2 aromatic carbocycles. The van der Waals surface area contributed by atoms with Crippen molar-refractivity contribution in [3.8, 4) is 5.75 Å². The number of benzene rings is 2. The average Bonchev–Trinajstić information content (AvgIpc) is 2.50. The highest BCUT2D eigenvalue weighted by Crippen LogP contribution is 2.37. The van der Waals surface area contributed by atoms with E-state index in [1.165, 1.54) is 0 Å². The Hall–Kier alpha value is -2.49. The Balaban J connectivity index is 1.78. The molecule has 0 spiro atoms. The summed E-state index contributed by atoms with van der Waals surface area (Å²) in [6.45, 7) is 6.56. The second kappa shape index (κ2) is 6.19. The Morgan fingerprint density at radius 3 is 2.04 bits per heavy atom. The topological polar surface area (TPSA) is 38.8 Å². The van der Waals surface area contributed by atoms with Gasteiger partial charge in [-0.2, -0.15) is 0 Å². The van der Waals surface area contributed by atoms with E-state index >= 15 is 0 Å². The van der Waals surface area contributed by atoms with Gasteiger partial charge in [-0.3, -0.25) is 4.90 Å². The number of ether oxygens (including phenoxy) is 2. The van der Waals surface area contributed by atoms with E-state index in [2.05, 4.69) is 0 Å². The lowest BCUT2D eigenvalue weighted by Gasteiger charge is -2.49. The first-order valence-corrected chi connectivity index (χ1v) is 8.16. The summed E-state index contributed by atoms with van der Waals surface area (Å²) in [4.78, 5) is 13.9. The van der Waals surface area contributed by atoms with Crippen LogP contribution in [-0.4, -0.2) is 29.7 Å². The molecule has 126 valence electrons. The molecule has 1 amide bonds. The molecule has 0 bridgehead atoms. The number of carbonyl (C=O) groups is 1. The van der Waals surface area contributed by atoms with Crippen LogP contribution in [0.5, 0.6) is 5.75 Å². The van der Waals surface area contributed by atoms with E-state index in [0.717, 1.165) is 11.3 Å². The smallest absolute Gasteiger partial charge is 0.410 e. The van der Waals surface area contributed by atoms with Crippen molar-refractivity contribution in [3.05, 3.63) is 66.2 Å². The number of para-hydroxylation sites is 1. The van der Waals surface area contributed by atoms with Crippen LogP contribution in [-0.2, 0) is 10.3 Å².